The maximum absolute atomic E-state index is 5.69. The summed E-state index contributed by atoms with van der Waals surface area (Å²) < 4.78 is 11.3. The van der Waals surface area contributed by atoms with Crippen LogP contribution >= 0.6 is 0 Å². The first kappa shape index (κ1) is 5.61. The molecule has 0 aromatic rings. The van der Waals surface area contributed by atoms with Crippen molar-refractivity contribution in [2.75, 3.05) is 0 Å². The van der Waals surface area contributed by atoms with Gasteiger partial charge in [-0.2, -0.15) is 0 Å². The van der Waals surface area contributed by atoms with Crippen molar-refractivity contribution in [3.63, 3.8) is 0 Å². The first-order valence-electron chi connectivity index (χ1n) is 5.24. The Hall–Kier alpha value is -0.0800. The van der Waals surface area contributed by atoms with Crippen LogP contribution < -0.4 is 0 Å². The highest BCUT2D eigenvalue weighted by Crippen LogP contribution is 2.69. The number of hydrogen-bond donors (Lipinski definition) is 0. The fourth-order valence-corrected chi connectivity index (χ4v) is 4.58. The predicted octanol–water partition coefficient (Wildman–Crippen LogP) is 0.807. The van der Waals surface area contributed by atoms with Crippen LogP contribution in [0.15, 0.2) is 0 Å². The summed E-state index contributed by atoms with van der Waals surface area (Å²) in [5, 5.41) is 0. The first-order chi connectivity index (χ1) is 5.93. The molecule has 8 atom stereocenters. The Morgan fingerprint density at radius 2 is 1.67 bits per heavy atom. The molecule has 5 rings (SSSR count). The van der Waals surface area contributed by atoms with Crippen molar-refractivity contribution >= 4 is 0 Å². The number of ether oxygens (including phenoxy) is 2. The Morgan fingerprint density at radius 3 is 2.67 bits per heavy atom. The van der Waals surface area contributed by atoms with Crippen molar-refractivity contribution in [2.24, 2.45) is 23.7 Å². The fraction of sp³-hybridized carbons (Fsp3) is 1.00. The summed E-state index contributed by atoms with van der Waals surface area (Å²) in [6, 6.07) is 0. The van der Waals surface area contributed by atoms with E-state index in [0.29, 0.717) is 24.4 Å². The highest BCUT2D eigenvalue weighted by Gasteiger charge is 2.74. The Kier molecular flexibility index (Phi) is 0.644. The summed E-state index contributed by atoms with van der Waals surface area (Å²) in [5.74, 6) is 3.77. The topological polar surface area (TPSA) is 25.1 Å². The molecule has 12 heavy (non-hydrogen) atoms. The van der Waals surface area contributed by atoms with E-state index in [0.717, 1.165) is 23.7 Å². The molecule has 0 N–H and O–H groups in total. The minimum atomic E-state index is 0.676. The van der Waals surface area contributed by atoms with Gasteiger partial charge in [-0.1, -0.05) is 0 Å². The zero-order chi connectivity index (χ0) is 7.45. The van der Waals surface area contributed by atoms with Crippen LogP contribution in [0.4, 0.5) is 0 Å². The Morgan fingerprint density at radius 1 is 0.750 bits per heavy atom. The van der Waals surface area contributed by atoms with Gasteiger partial charge < -0.3 is 9.47 Å². The Bertz CT molecular complexity index is 273. The first-order valence-corrected chi connectivity index (χ1v) is 5.24. The summed E-state index contributed by atoms with van der Waals surface area (Å²) in [7, 11) is 0. The molecule has 2 saturated heterocycles. The van der Waals surface area contributed by atoms with E-state index in [1.165, 1.54) is 12.8 Å². The lowest BCUT2D eigenvalue weighted by molar-refractivity contribution is 0.162. The number of rotatable bonds is 0. The van der Waals surface area contributed by atoms with Crippen LogP contribution in [-0.4, -0.2) is 24.4 Å². The minimum absolute atomic E-state index is 0.676. The molecule has 0 radical (unpaired) electrons. The molecule has 2 heteroatoms. The standard InChI is InChI=1S/C10H12O2/c1-4-3-2-6-10(11-6)7(3)5(1)9-8(4)12-9/h3-10H,1-2H2/t3-,4-,5+,6+,7+,8+,9-,10+/m1/s1. The molecule has 5 fully saturated rings. The Labute approximate surface area is 71.2 Å². The maximum atomic E-state index is 5.69. The van der Waals surface area contributed by atoms with E-state index >= 15 is 0 Å². The zero-order valence-electron chi connectivity index (χ0n) is 6.85. The van der Waals surface area contributed by atoms with Gasteiger partial charge in [0.25, 0.3) is 0 Å². The highest BCUT2D eigenvalue weighted by atomic mass is 16.6. The van der Waals surface area contributed by atoms with Crippen LogP contribution in [0.3, 0.4) is 0 Å². The highest BCUT2D eigenvalue weighted by molar-refractivity contribution is 5.21. The molecule has 64 valence electrons. The summed E-state index contributed by atoms with van der Waals surface area (Å²) in [4.78, 5) is 0. The van der Waals surface area contributed by atoms with E-state index in [4.69, 9.17) is 9.47 Å². The van der Waals surface area contributed by atoms with Gasteiger partial charge in [-0.05, 0) is 36.5 Å². The molecule has 2 bridgehead atoms. The average molecular weight is 164 g/mol. The van der Waals surface area contributed by atoms with Crippen LogP contribution in [0.25, 0.3) is 0 Å². The maximum Gasteiger partial charge on any atom is 0.0876 e. The molecule has 0 aromatic heterocycles. The third kappa shape index (κ3) is 0.409. The number of fused-ring (bicyclic) bond motifs is 10. The third-order valence-corrected chi connectivity index (χ3v) is 4.99. The lowest BCUT2D eigenvalue weighted by Gasteiger charge is -2.22. The van der Waals surface area contributed by atoms with Crippen LogP contribution in [0.5, 0.6) is 0 Å². The van der Waals surface area contributed by atoms with E-state index in [1.807, 2.05) is 0 Å². The summed E-state index contributed by atoms with van der Waals surface area (Å²) in [6.45, 7) is 0. The second-order valence-electron chi connectivity index (χ2n) is 5.24. The molecule has 0 amide bonds. The van der Waals surface area contributed by atoms with Crippen LogP contribution in [-0.2, 0) is 9.47 Å². The van der Waals surface area contributed by atoms with Crippen molar-refractivity contribution in [1.29, 1.82) is 0 Å². The molecule has 5 aliphatic rings. The van der Waals surface area contributed by atoms with Crippen molar-refractivity contribution < 1.29 is 9.47 Å². The lowest BCUT2D eigenvalue weighted by atomic mass is 9.81. The van der Waals surface area contributed by atoms with Gasteiger partial charge in [0.05, 0.1) is 24.4 Å². The van der Waals surface area contributed by atoms with Crippen molar-refractivity contribution in [3.8, 4) is 0 Å². The van der Waals surface area contributed by atoms with E-state index in [-0.39, 0.29) is 0 Å². The molecule has 2 nitrogen and oxygen atoms in total. The predicted molar refractivity (Wildman–Crippen MR) is 40.5 cm³/mol. The SMILES string of the molecule is C1[C@@H]2[C@H]3C[C@@H]4O[C@@H]4[C@@H]3[C@H]1[C@H]1O[C@@H]21. The second-order valence-corrected chi connectivity index (χ2v) is 5.24. The molecular formula is C10H12O2. The van der Waals surface area contributed by atoms with E-state index in [2.05, 4.69) is 0 Å². The molecule has 0 unspecified atom stereocenters. The minimum Gasteiger partial charge on any atom is -0.369 e. The van der Waals surface area contributed by atoms with Gasteiger partial charge in [0.2, 0.25) is 0 Å². The molecular weight excluding hydrogens is 152 g/mol. The van der Waals surface area contributed by atoms with Gasteiger partial charge in [-0.15, -0.1) is 0 Å². The van der Waals surface area contributed by atoms with E-state index in [1.54, 1.807) is 0 Å². The lowest BCUT2D eigenvalue weighted by Crippen LogP contribution is -2.27. The molecule has 0 aromatic carbocycles. The van der Waals surface area contributed by atoms with Crippen LogP contribution in [0, 0.1) is 23.7 Å². The smallest absolute Gasteiger partial charge is 0.0876 e. The van der Waals surface area contributed by atoms with Gasteiger partial charge in [0.1, 0.15) is 0 Å². The third-order valence-electron chi connectivity index (χ3n) is 4.99. The fourth-order valence-electron chi connectivity index (χ4n) is 4.58. The van der Waals surface area contributed by atoms with Crippen molar-refractivity contribution in [1.82, 2.24) is 0 Å². The summed E-state index contributed by atoms with van der Waals surface area (Å²) in [6.07, 6.45) is 5.58. The molecule has 3 saturated carbocycles. The number of hydrogen-bond acceptors (Lipinski definition) is 2. The van der Waals surface area contributed by atoms with Crippen LogP contribution in [0.1, 0.15) is 12.8 Å². The molecule has 0 spiro atoms. The number of epoxide rings is 2. The summed E-state index contributed by atoms with van der Waals surface area (Å²) in [5.41, 5.74) is 0. The largest absolute Gasteiger partial charge is 0.369 e. The van der Waals surface area contributed by atoms with Crippen molar-refractivity contribution in [2.45, 2.75) is 37.3 Å². The van der Waals surface area contributed by atoms with Gasteiger partial charge in [0, 0.05) is 0 Å². The molecule has 3 aliphatic carbocycles. The van der Waals surface area contributed by atoms with Crippen LogP contribution in [0.2, 0.25) is 0 Å². The van der Waals surface area contributed by atoms with Crippen molar-refractivity contribution in [3.05, 3.63) is 0 Å². The monoisotopic (exact) mass is 164 g/mol. The quantitative estimate of drug-likeness (QED) is 0.495. The second kappa shape index (κ2) is 1.38. The van der Waals surface area contributed by atoms with Gasteiger partial charge in [-0.25, -0.2) is 0 Å². The van der Waals surface area contributed by atoms with E-state index < -0.39 is 0 Å². The molecule has 2 heterocycles. The zero-order valence-corrected chi connectivity index (χ0v) is 6.85. The molecule has 2 aliphatic heterocycles. The van der Waals surface area contributed by atoms with E-state index in [9.17, 15) is 0 Å². The van der Waals surface area contributed by atoms with Gasteiger partial charge >= 0.3 is 0 Å². The summed E-state index contributed by atoms with van der Waals surface area (Å²) >= 11 is 0. The van der Waals surface area contributed by atoms with Gasteiger partial charge in [0.15, 0.2) is 0 Å². The normalized spacial score (nSPS) is 80.0. The van der Waals surface area contributed by atoms with Gasteiger partial charge in [-0.3, -0.25) is 0 Å². The average Bonchev–Trinajstić information content (AvgIpc) is 2.92. The Balaban J connectivity index is 1.66.